The van der Waals surface area contributed by atoms with E-state index in [2.05, 4.69) is 0 Å². The van der Waals surface area contributed by atoms with Gasteiger partial charge in [0, 0.05) is 6.54 Å². The Morgan fingerprint density at radius 1 is 0.939 bits per heavy atom. The predicted octanol–water partition coefficient (Wildman–Crippen LogP) is 4.76. The van der Waals surface area contributed by atoms with Crippen LogP contribution in [0, 0.1) is 5.92 Å². The molecule has 3 aromatic rings. The lowest BCUT2D eigenvalue weighted by molar-refractivity contribution is 0.0676. The normalized spacial score (nSPS) is 11.2. The topological polar surface area (TPSA) is 102 Å². The third-order valence-corrected chi connectivity index (χ3v) is 5.61. The average molecular weight is 451 g/mol. The van der Waals surface area contributed by atoms with Gasteiger partial charge in [-0.25, -0.2) is 14.4 Å². The van der Waals surface area contributed by atoms with E-state index < -0.39 is 11.9 Å². The average Bonchev–Trinajstić information content (AvgIpc) is 3.03. The van der Waals surface area contributed by atoms with Crippen LogP contribution in [-0.2, 0) is 19.5 Å². The summed E-state index contributed by atoms with van der Waals surface area (Å²) in [5.41, 5.74) is 2.76. The molecule has 0 radical (unpaired) electrons. The van der Waals surface area contributed by atoms with E-state index in [0.717, 1.165) is 24.0 Å². The van der Waals surface area contributed by atoms with Crippen molar-refractivity contribution in [1.82, 2.24) is 9.13 Å². The molecule has 174 valence electrons. The molecule has 0 aliphatic carbocycles. The van der Waals surface area contributed by atoms with Gasteiger partial charge in [-0.1, -0.05) is 69.7 Å². The second kappa shape index (κ2) is 10.3. The molecule has 0 aliphatic heterocycles. The highest BCUT2D eigenvalue weighted by Gasteiger charge is 2.25. The summed E-state index contributed by atoms with van der Waals surface area (Å²) in [6.45, 7) is 6.53. The molecule has 0 aliphatic rings. The van der Waals surface area contributed by atoms with Crippen LogP contribution in [0.1, 0.15) is 65.7 Å². The maximum Gasteiger partial charge on any atom is 0.354 e. The zero-order valence-electron chi connectivity index (χ0n) is 19.2. The smallest absolute Gasteiger partial charge is 0.354 e. The maximum atomic E-state index is 13.2. The molecule has 3 rings (SSSR count). The van der Waals surface area contributed by atoms with Crippen molar-refractivity contribution in [2.75, 3.05) is 0 Å². The Morgan fingerprint density at radius 3 is 2.18 bits per heavy atom. The fourth-order valence-corrected chi connectivity index (χ4v) is 4.07. The summed E-state index contributed by atoms with van der Waals surface area (Å²) in [6, 6.07) is 14.2. The van der Waals surface area contributed by atoms with E-state index in [1.807, 2.05) is 45.0 Å². The van der Waals surface area contributed by atoms with Crippen LogP contribution in [0.15, 0.2) is 53.3 Å². The van der Waals surface area contributed by atoms with Gasteiger partial charge in [0.25, 0.3) is 0 Å². The second-order valence-electron chi connectivity index (χ2n) is 8.62. The number of benzene rings is 2. The van der Waals surface area contributed by atoms with Crippen molar-refractivity contribution in [3.63, 3.8) is 0 Å². The fraction of sp³-hybridized carbons (Fsp3) is 0.346. The van der Waals surface area contributed by atoms with Gasteiger partial charge >= 0.3 is 17.6 Å². The predicted molar refractivity (Wildman–Crippen MR) is 127 cm³/mol. The zero-order valence-corrected chi connectivity index (χ0v) is 19.2. The van der Waals surface area contributed by atoms with Crippen LogP contribution in [-0.4, -0.2) is 31.3 Å². The molecule has 0 spiro atoms. The largest absolute Gasteiger partial charge is 0.478 e. The summed E-state index contributed by atoms with van der Waals surface area (Å²) in [5, 5.41) is 19.3. The van der Waals surface area contributed by atoms with Crippen molar-refractivity contribution >= 4 is 11.9 Å². The highest BCUT2D eigenvalue weighted by molar-refractivity contribution is 5.96. The van der Waals surface area contributed by atoms with Gasteiger partial charge in [0.05, 0.1) is 17.8 Å². The highest BCUT2D eigenvalue weighted by atomic mass is 16.4. The Kier molecular flexibility index (Phi) is 7.53. The Bertz CT molecular complexity index is 1200. The van der Waals surface area contributed by atoms with Crippen molar-refractivity contribution in [1.29, 1.82) is 0 Å². The van der Waals surface area contributed by atoms with Crippen molar-refractivity contribution in [3.8, 4) is 11.1 Å². The number of aromatic carboxylic acids is 2. The van der Waals surface area contributed by atoms with Gasteiger partial charge in [0.1, 0.15) is 0 Å². The van der Waals surface area contributed by atoms with Gasteiger partial charge in [0.2, 0.25) is 0 Å². The fourth-order valence-electron chi connectivity index (χ4n) is 4.07. The van der Waals surface area contributed by atoms with Crippen LogP contribution in [0.2, 0.25) is 0 Å². The van der Waals surface area contributed by atoms with Gasteiger partial charge in [-0.15, -0.1) is 0 Å². The van der Waals surface area contributed by atoms with Gasteiger partial charge in [-0.05, 0) is 41.5 Å². The standard InChI is InChI=1S/C26H30N2O5/c1-4-5-10-22-23(25(31)32)28(15-17(2)3)26(33)27(22)16-18-11-13-19(14-12-18)20-8-6-7-9-21(20)24(29)30/h6-9,11-14,17H,4-5,10,15-16H2,1-3H3,(H,29,30)(H,31,32). The van der Waals surface area contributed by atoms with Crippen molar-refractivity contribution in [3.05, 3.63) is 81.5 Å². The number of carboxylic acids is 2. The van der Waals surface area contributed by atoms with E-state index in [-0.39, 0.29) is 29.4 Å². The molecule has 0 saturated carbocycles. The number of aromatic nitrogens is 2. The second-order valence-corrected chi connectivity index (χ2v) is 8.62. The molecule has 0 atom stereocenters. The number of hydrogen-bond acceptors (Lipinski definition) is 3. The summed E-state index contributed by atoms with van der Waals surface area (Å²) < 4.78 is 2.96. The van der Waals surface area contributed by atoms with E-state index in [0.29, 0.717) is 24.2 Å². The monoisotopic (exact) mass is 450 g/mol. The molecule has 7 heteroatoms. The van der Waals surface area contributed by atoms with Gasteiger partial charge in [-0.2, -0.15) is 0 Å². The minimum atomic E-state index is -1.08. The maximum absolute atomic E-state index is 13.2. The van der Waals surface area contributed by atoms with Gasteiger partial charge in [0.15, 0.2) is 5.69 Å². The number of imidazole rings is 1. The Labute approximate surface area is 192 Å². The molecule has 0 fully saturated rings. The molecule has 33 heavy (non-hydrogen) atoms. The summed E-state index contributed by atoms with van der Waals surface area (Å²) in [5.74, 6) is -1.95. The number of nitrogens with zero attached hydrogens (tertiary/aromatic N) is 2. The summed E-state index contributed by atoms with van der Waals surface area (Å²) >= 11 is 0. The van der Waals surface area contributed by atoms with Crippen LogP contribution in [0.5, 0.6) is 0 Å². The van der Waals surface area contributed by atoms with Crippen LogP contribution in [0.25, 0.3) is 11.1 Å². The number of rotatable bonds is 10. The van der Waals surface area contributed by atoms with E-state index in [4.69, 9.17) is 0 Å². The number of hydrogen-bond donors (Lipinski definition) is 2. The van der Waals surface area contributed by atoms with E-state index in [1.165, 1.54) is 4.57 Å². The van der Waals surface area contributed by atoms with E-state index >= 15 is 0 Å². The molecule has 0 saturated heterocycles. The molecule has 1 aromatic heterocycles. The molecule has 2 aromatic carbocycles. The lowest BCUT2D eigenvalue weighted by atomic mass is 9.99. The summed E-state index contributed by atoms with van der Waals surface area (Å²) in [4.78, 5) is 36.8. The van der Waals surface area contributed by atoms with E-state index in [9.17, 15) is 24.6 Å². The van der Waals surface area contributed by atoms with Crippen LogP contribution < -0.4 is 5.69 Å². The summed E-state index contributed by atoms with van der Waals surface area (Å²) in [6.07, 6.45) is 2.19. The summed E-state index contributed by atoms with van der Waals surface area (Å²) in [7, 11) is 0. The van der Waals surface area contributed by atoms with Crippen LogP contribution in [0.3, 0.4) is 0 Å². The third kappa shape index (κ3) is 5.25. The Balaban J connectivity index is 2.02. The first-order valence-corrected chi connectivity index (χ1v) is 11.2. The molecular weight excluding hydrogens is 420 g/mol. The number of carbonyl (C=O) groups is 2. The van der Waals surface area contributed by atoms with Gasteiger partial charge < -0.3 is 10.2 Å². The molecule has 2 N–H and O–H groups in total. The first-order valence-electron chi connectivity index (χ1n) is 11.2. The SMILES string of the molecule is CCCCc1c(C(=O)O)n(CC(C)C)c(=O)n1Cc1ccc(-c2ccccc2C(=O)O)cc1. The van der Waals surface area contributed by atoms with Crippen LogP contribution in [0.4, 0.5) is 0 Å². The minimum absolute atomic E-state index is 0.0779. The number of carboxylic acid groups (broad SMARTS) is 2. The van der Waals surface area contributed by atoms with Crippen molar-refractivity contribution in [2.24, 2.45) is 5.92 Å². The zero-order chi connectivity index (χ0) is 24.1. The molecule has 0 amide bonds. The Hall–Kier alpha value is -3.61. The molecule has 1 heterocycles. The quantitative estimate of drug-likeness (QED) is 0.464. The minimum Gasteiger partial charge on any atom is -0.478 e. The molecular formula is C26H30N2O5. The highest BCUT2D eigenvalue weighted by Crippen LogP contribution is 2.25. The third-order valence-electron chi connectivity index (χ3n) is 5.61. The first kappa shape index (κ1) is 24.0. The lowest BCUT2D eigenvalue weighted by Gasteiger charge is -2.10. The van der Waals surface area contributed by atoms with Crippen molar-refractivity contribution < 1.29 is 19.8 Å². The van der Waals surface area contributed by atoms with E-state index in [1.54, 1.807) is 28.8 Å². The first-order chi connectivity index (χ1) is 15.7. The van der Waals surface area contributed by atoms with Crippen molar-refractivity contribution in [2.45, 2.75) is 53.1 Å². The Morgan fingerprint density at radius 2 is 1.61 bits per heavy atom. The molecule has 0 bridgehead atoms. The lowest BCUT2D eigenvalue weighted by Crippen LogP contribution is -2.28. The van der Waals surface area contributed by atoms with Crippen LogP contribution >= 0.6 is 0 Å². The molecule has 7 nitrogen and oxygen atoms in total. The molecule has 0 unspecified atom stereocenters. The van der Waals surface area contributed by atoms with Gasteiger partial charge in [-0.3, -0.25) is 9.13 Å². The number of unbranched alkanes of at least 4 members (excludes halogenated alkanes) is 1.